The van der Waals surface area contributed by atoms with E-state index in [0.29, 0.717) is 13.2 Å². The Balaban J connectivity index is 2.08. The van der Waals surface area contributed by atoms with Crippen molar-refractivity contribution in [3.63, 3.8) is 0 Å². The molecular formula is C15H24N2O2. The molecule has 4 nitrogen and oxygen atoms in total. The van der Waals surface area contributed by atoms with Crippen molar-refractivity contribution >= 4 is 0 Å². The van der Waals surface area contributed by atoms with Crippen LogP contribution in [0.1, 0.15) is 25.0 Å². The summed E-state index contributed by atoms with van der Waals surface area (Å²) in [6.07, 6.45) is 0. The first-order valence-electron chi connectivity index (χ1n) is 6.80. The quantitative estimate of drug-likeness (QED) is 0.852. The topological polar surface area (TPSA) is 42.5 Å². The monoisotopic (exact) mass is 264 g/mol. The van der Waals surface area contributed by atoms with E-state index in [9.17, 15) is 0 Å². The first-order chi connectivity index (χ1) is 9.02. The highest BCUT2D eigenvalue weighted by Crippen LogP contribution is 2.33. The van der Waals surface area contributed by atoms with E-state index < -0.39 is 0 Å². The average Bonchev–Trinajstić information content (AvgIpc) is 2.36. The van der Waals surface area contributed by atoms with Gasteiger partial charge in [-0.15, -0.1) is 0 Å². The molecule has 0 saturated heterocycles. The summed E-state index contributed by atoms with van der Waals surface area (Å²) in [6.45, 7) is 9.52. The summed E-state index contributed by atoms with van der Waals surface area (Å²) in [6, 6.07) is 4.16. The third-order valence-corrected chi connectivity index (χ3v) is 3.38. The lowest BCUT2D eigenvalue weighted by Gasteiger charge is -2.27. The zero-order chi connectivity index (χ0) is 13.9. The highest BCUT2D eigenvalue weighted by atomic mass is 16.6. The molecule has 2 rings (SSSR count). The molecular weight excluding hydrogens is 240 g/mol. The van der Waals surface area contributed by atoms with E-state index in [2.05, 4.69) is 43.5 Å². The first kappa shape index (κ1) is 14.2. The van der Waals surface area contributed by atoms with Gasteiger partial charge in [0.2, 0.25) is 0 Å². The van der Waals surface area contributed by atoms with E-state index in [1.165, 1.54) is 11.1 Å². The van der Waals surface area contributed by atoms with Crippen molar-refractivity contribution in [3.8, 4) is 11.5 Å². The van der Waals surface area contributed by atoms with Gasteiger partial charge in [-0.2, -0.15) is 0 Å². The van der Waals surface area contributed by atoms with Gasteiger partial charge in [0.05, 0.1) is 0 Å². The molecule has 0 aliphatic carbocycles. The first-order valence-corrected chi connectivity index (χ1v) is 6.80. The van der Waals surface area contributed by atoms with Crippen LogP contribution in [0, 0.1) is 6.92 Å². The van der Waals surface area contributed by atoms with Crippen molar-refractivity contribution in [3.05, 3.63) is 23.3 Å². The van der Waals surface area contributed by atoms with Crippen LogP contribution >= 0.6 is 0 Å². The fourth-order valence-electron chi connectivity index (χ4n) is 2.26. The number of benzene rings is 1. The number of fused-ring (bicyclic) bond motifs is 1. The molecule has 1 heterocycles. The van der Waals surface area contributed by atoms with Gasteiger partial charge in [-0.1, -0.05) is 0 Å². The van der Waals surface area contributed by atoms with Crippen LogP contribution in [0.25, 0.3) is 0 Å². The van der Waals surface area contributed by atoms with Gasteiger partial charge >= 0.3 is 0 Å². The lowest BCUT2D eigenvalue weighted by atomic mass is 10.0. The van der Waals surface area contributed by atoms with Gasteiger partial charge in [-0.25, -0.2) is 0 Å². The van der Waals surface area contributed by atoms with Crippen molar-refractivity contribution in [2.24, 2.45) is 0 Å². The molecule has 19 heavy (non-hydrogen) atoms. The molecule has 106 valence electrons. The third-order valence-electron chi connectivity index (χ3n) is 3.38. The molecule has 0 amide bonds. The zero-order valence-electron chi connectivity index (χ0n) is 12.3. The number of likely N-dealkylation sites (N-methyl/N-ethyl adjacent to an activating group) is 1. The molecule has 1 aromatic rings. The van der Waals surface area contributed by atoms with Gasteiger partial charge in [0.1, 0.15) is 13.2 Å². The van der Waals surface area contributed by atoms with Gasteiger partial charge in [-0.3, -0.25) is 0 Å². The van der Waals surface area contributed by atoms with Gasteiger partial charge in [0.15, 0.2) is 11.5 Å². The second kappa shape index (κ2) is 5.80. The summed E-state index contributed by atoms with van der Waals surface area (Å²) >= 11 is 0. The molecule has 0 bridgehead atoms. The standard InChI is InChI=1S/C15H24N2O2/c1-11-7-13-14(19-6-5-18-13)8-12(11)9-17-15(2,3)10-16-4/h7-8,16-17H,5-6,9-10H2,1-4H3. The van der Waals surface area contributed by atoms with Crippen LogP contribution in [-0.4, -0.2) is 32.3 Å². The molecule has 1 aliphatic heterocycles. The van der Waals surface area contributed by atoms with E-state index in [1.807, 2.05) is 7.05 Å². The Hall–Kier alpha value is -1.26. The summed E-state index contributed by atoms with van der Waals surface area (Å²) in [5.74, 6) is 1.72. The van der Waals surface area contributed by atoms with Crippen LogP contribution in [0.4, 0.5) is 0 Å². The fraction of sp³-hybridized carbons (Fsp3) is 0.600. The largest absolute Gasteiger partial charge is 0.486 e. The van der Waals surface area contributed by atoms with Crippen LogP contribution in [0.15, 0.2) is 12.1 Å². The molecule has 0 saturated carbocycles. The van der Waals surface area contributed by atoms with Crippen molar-refractivity contribution in [2.45, 2.75) is 32.9 Å². The maximum atomic E-state index is 5.63. The minimum absolute atomic E-state index is 0.0639. The molecule has 0 aromatic heterocycles. The second-order valence-electron chi connectivity index (χ2n) is 5.69. The van der Waals surface area contributed by atoms with E-state index in [-0.39, 0.29) is 5.54 Å². The predicted molar refractivity (Wildman–Crippen MR) is 77.0 cm³/mol. The van der Waals surface area contributed by atoms with Crippen molar-refractivity contribution < 1.29 is 9.47 Å². The lowest BCUT2D eigenvalue weighted by molar-refractivity contribution is 0.171. The van der Waals surface area contributed by atoms with Crippen LogP contribution < -0.4 is 20.1 Å². The summed E-state index contributed by atoms with van der Waals surface area (Å²) in [5, 5.41) is 6.77. The smallest absolute Gasteiger partial charge is 0.161 e. The third kappa shape index (κ3) is 3.61. The SMILES string of the molecule is CNCC(C)(C)NCc1cc2c(cc1C)OCCO2. The number of rotatable bonds is 5. The zero-order valence-corrected chi connectivity index (χ0v) is 12.3. The average molecular weight is 264 g/mol. The van der Waals surface area contributed by atoms with E-state index in [0.717, 1.165) is 24.6 Å². The summed E-state index contributed by atoms with van der Waals surface area (Å²) in [7, 11) is 1.97. The van der Waals surface area contributed by atoms with Crippen LogP contribution in [0.2, 0.25) is 0 Å². The van der Waals surface area contributed by atoms with E-state index in [1.54, 1.807) is 0 Å². The normalized spacial score (nSPS) is 14.5. The molecule has 0 fully saturated rings. The highest BCUT2D eigenvalue weighted by Gasteiger charge is 2.18. The number of hydrogen-bond donors (Lipinski definition) is 2. The number of aryl methyl sites for hydroxylation is 1. The summed E-state index contributed by atoms with van der Waals surface area (Å²) < 4.78 is 11.2. The Morgan fingerprint density at radius 3 is 2.42 bits per heavy atom. The molecule has 0 spiro atoms. The molecule has 0 atom stereocenters. The lowest BCUT2D eigenvalue weighted by Crippen LogP contribution is -2.46. The van der Waals surface area contributed by atoms with E-state index >= 15 is 0 Å². The van der Waals surface area contributed by atoms with Crippen LogP contribution in [0.5, 0.6) is 11.5 Å². The second-order valence-corrected chi connectivity index (χ2v) is 5.69. The number of ether oxygens (including phenoxy) is 2. The van der Waals surface area contributed by atoms with Crippen molar-refractivity contribution in [1.29, 1.82) is 0 Å². The molecule has 2 N–H and O–H groups in total. The Bertz CT molecular complexity index is 444. The molecule has 1 aromatic carbocycles. The maximum Gasteiger partial charge on any atom is 0.161 e. The van der Waals surface area contributed by atoms with Gasteiger partial charge in [0.25, 0.3) is 0 Å². The highest BCUT2D eigenvalue weighted by molar-refractivity contribution is 5.47. The minimum atomic E-state index is 0.0639. The molecule has 0 radical (unpaired) electrons. The molecule has 4 heteroatoms. The van der Waals surface area contributed by atoms with Crippen molar-refractivity contribution in [1.82, 2.24) is 10.6 Å². The van der Waals surface area contributed by atoms with Crippen molar-refractivity contribution in [2.75, 3.05) is 26.8 Å². The van der Waals surface area contributed by atoms with Crippen LogP contribution in [0.3, 0.4) is 0 Å². The van der Waals surface area contributed by atoms with E-state index in [4.69, 9.17) is 9.47 Å². The molecule has 0 unspecified atom stereocenters. The number of hydrogen-bond acceptors (Lipinski definition) is 4. The summed E-state index contributed by atoms with van der Waals surface area (Å²) in [4.78, 5) is 0. The summed E-state index contributed by atoms with van der Waals surface area (Å²) in [5.41, 5.74) is 2.56. The molecule has 1 aliphatic rings. The van der Waals surface area contributed by atoms with Gasteiger partial charge < -0.3 is 20.1 Å². The van der Waals surface area contributed by atoms with Gasteiger partial charge in [0, 0.05) is 18.6 Å². The van der Waals surface area contributed by atoms with Gasteiger partial charge in [-0.05, 0) is 51.1 Å². The van der Waals surface area contributed by atoms with Crippen LogP contribution in [-0.2, 0) is 6.54 Å². The number of nitrogens with one attached hydrogen (secondary N) is 2. The Morgan fingerprint density at radius 2 is 1.79 bits per heavy atom. The Labute approximate surface area is 115 Å². The maximum absolute atomic E-state index is 5.63. The predicted octanol–water partition coefficient (Wildman–Crippen LogP) is 1.85. The minimum Gasteiger partial charge on any atom is -0.486 e. The Morgan fingerprint density at radius 1 is 1.16 bits per heavy atom. The Kier molecular flexibility index (Phi) is 4.32. The fourth-order valence-corrected chi connectivity index (χ4v) is 2.26.